The Morgan fingerprint density at radius 3 is 2.65 bits per heavy atom. The van der Waals surface area contributed by atoms with Crippen LogP contribution in [-0.4, -0.2) is 42.4 Å². The third-order valence-electron chi connectivity index (χ3n) is 4.13. The summed E-state index contributed by atoms with van der Waals surface area (Å²) in [5.41, 5.74) is 0.749. The van der Waals surface area contributed by atoms with Gasteiger partial charge in [0.2, 0.25) is 16.9 Å². The highest BCUT2D eigenvalue weighted by Crippen LogP contribution is 2.27. The first-order valence-corrected chi connectivity index (χ1v) is 8.48. The number of ether oxygens (including phenoxy) is 1. The van der Waals surface area contributed by atoms with E-state index in [1.807, 2.05) is 0 Å². The number of nitrogens with one attached hydrogen (secondary N) is 1. The van der Waals surface area contributed by atoms with Crippen LogP contribution in [0, 0.1) is 5.92 Å². The highest BCUT2D eigenvalue weighted by atomic mass is 32.2. The summed E-state index contributed by atoms with van der Waals surface area (Å²) in [4.78, 5) is 37.7. The zero-order chi connectivity index (χ0) is 16.4. The quantitative estimate of drug-likeness (QED) is 0.895. The molecule has 0 radical (unpaired) electrons. The maximum absolute atomic E-state index is 12.3. The molecule has 2 amide bonds. The van der Waals surface area contributed by atoms with Gasteiger partial charge in [0.15, 0.2) is 0 Å². The Labute approximate surface area is 138 Å². The molecule has 2 atom stereocenters. The predicted molar refractivity (Wildman–Crippen MR) is 87.5 cm³/mol. The minimum absolute atomic E-state index is 0.00897. The number of nitrogens with zero attached hydrogens (tertiary/aromatic N) is 1. The van der Waals surface area contributed by atoms with E-state index in [2.05, 4.69) is 5.32 Å². The lowest BCUT2D eigenvalue weighted by molar-refractivity contribution is -0.128. The van der Waals surface area contributed by atoms with Gasteiger partial charge in [-0.05, 0) is 30.7 Å². The number of carbonyl (C=O) groups excluding carboxylic acids is 3. The predicted octanol–water partition coefficient (Wildman–Crippen LogP) is 1.20. The fourth-order valence-electron chi connectivity index (χ4n) is 2.81. The van der Waals surface area contributed by atoms with E-state index in [-0.39, 0.29) is 23.4 Å². The molecule has 0 saturated carbocycles. The number of thioether (sulfide) groups is 1. The smallest absolute Gasteiger partial charge is 0.227 e. The number of anilines is 1. The van der Waals surface area contributed by atoms with Crippen LogP contribution in [0.4, 0.5) is 5.69 Å². The van der Waals surface area contributed by atoms with Crippen LogP contribution in [0.2, 0.25) is 0 Å². The largest absolute Gasteiger partial charge is 0.497 e. The van der Waals surface area contributed by atoms with Gasteiger partial charge in [-0.3, -0.25) is 14.4 Å². The van der Waals surface area contributed by atoms with E-state index < -0.39 is 12.0 Å². The first kappa shape index (κ1) is 15.9. The lowest BCUT2D eigenvalue weighted by atomic mass is 10.1. The van der Waals surface area contributed by atoms with Crippen molar-refractivity contribution in [2.45, 2.75) is 18.9 Å². The summed E-state index contributed by atoms with van der Waals surface area (Å²) in [6, 6.07) is 6.76. The van der Waals surface area contributed by atoms with Gasteiger partial charge in [-0.2, -0.15) is 0 Å². The molecular formula is C16H18N2O4S. The van der Waals surface area contributed by atoms with Gasteiger partial charge < -0.3 is 15.0 Å². The van der Waals surface area contributed by atoms with Gasteiger partial charge in [0.05, 0.1) is 19.1 Å². The van der Waals surface area contributed by atoms with Crippen molar-refractivity contribution in [3.05, 3.63) is 24.3 Å². The lowest BCUT2D eigenvalue weighted by Crippen LogP contribution is -2.41. The van der Waals surface area contributed by atoms with Crippen LogP contribution < -0.4 is 15.0 Å². The van der Waals surface area contributed by atoms with E-state index in [4.69, 9.17) is 4.74 Å². The van der Waals surface area contributed by atoms with E-state index in [9.17, 15) is 14.4 Å². The molecule has 0 aromatic heterocycles. The molecule has 0 spiro atoms. The summed E-state index contributed by atoms with van der Waals surface area (Å²) >= 11 is 1.25. The average Bonchev–Trinajstić information content (AvgIpc) is 3.14. The number of amides is 2. The second-order valence-electron chi connectivity index (χ2n) is 5.62. The van der Waals surface area contributed by atoms with Crippen LogP contribution in [0.15, 0.2) is 24.3 Å². The Balaban J connectivity index is 1.64. The maximum Gasteiger partial charge on any atom is 0.227 e. The van der Waals surface area contributed by atoms with Crippen LogP contribution >= 0.6 is 11.8 Å². The molecule has 6 nitrogen and oxygen atoms in total. The summed E-state index contributed by atoms with van der Waals surface area (Å²) in [6.45, 7) is 0.338. The van der Waals surface area contributed by atoms with Crippen molar-refractivity contribution >= 4 is 34.4 Å². The van der Waals surface area contributed by atoms with Crippen molar-refractivity contribution in [1.82, 2.24) is 5.32 Å². The molecule has 2 saturated heterocycles. The first-order valence-electron chi connectivity index (χ1n) is 7.50. The lowest BCUT2D eigenvalue weighted by Gasteiger charge is -2.18. The molecule has 2 fully saturated rings. The van der Waals surface area contributed by atoms with Gasteiger partial charge in [0, 0.05) is 24.4 Å². The van der Waals surface area contributed by atoms with Gasteiger partial charge in [0.1, 0.15) is 5.75 Å². The topological polar surface area (TPSA) is 75.7 Å². The van der Waals surface area contributed by atoms with Crippen LogP contribution in [0.1, 0.15) is 12.8 Å². The van der Waals surface area contributed by atoms with Crippen molar-refractivity contribution in [2.24, 2.45) is 5.92 Å². The second kappa shape index (κ2) is 6.62. The maximum atomic E-state index is 12.3. The van der Waals surface area contributed by atoms with Crippen molar-refractivity contribution in [3.63, 3.8) is 0 Å². The summed E-state index contributed by atoms with van der Waals surface area (Å²) in [7, 11) is 1.58. The third-order valence-corrected chi connectivity index (χ3v) is 5.14. The van der Waals surface area contributed by atoms with Gasteiger partial charge in [0.25, 0.3) is 0 Å². The highest BCUT2D eigenvalue weighted by Gasteiger charge is 2.37. The Morgan fingerprint density at radius 2 is 2.04 bits per heavy atom. The van der Waals surface area contributed by atoms with Crippen LogP contribution in [0.5, 0.6) is 5.75 Å². The van der Waals surface area contributed by atoms with E-state index in [1.165, 1.54) is 11.8 Å². The number of hydrogen-bond donors (Lipinski definition) is 1. The van der Waals surface area contributed by atoms with Crippen LogP contribution in [-0.2, 0) is 14.4 Å². The van der Waals surface area contributed by atoms with E-state index in [1.54, 1.807) is 36.3 Å². The molecule has 1 aromatic rings. The van der Waals surface area contributed by atoms with Crippen LogP contribution in [0.25, 0.3) is 0 Å². The van der Waals surface area contributed by atoms with E-state index >= 15 is 0 Å². The van der Waals surface area contributed by atoms with Gasteiger partial charge in [-0.25, -0.2) is 0 Å². The Hall–Kier alpha value is -2.02. The standard InChI is InChI=1S/C16H18N2O4S/c1-22-12-4-2-11(3-5-12)18-9-10(8-14(18)19)15(20)17-13-6-7-23-16(13)21/h2-5,10,13H,6-9H2,1H3,(H,17,20)/t10-,13-/m1/s1. The van der Waals surface area contributed by atoms with E-state index in [0.717, 1.165) is 11.4 Å². The number of rotatable bonds is 4. The Morgan fingerprint density at radius 1 is 1.30 bits per heavy atom. The summed E-state index contributed by atoms with van der Waals surface area (Å²) in [5, 5.41) is 2.78. The molecule has 7 heteroatoms. The van der Waals surface area contributed by atoms with Gasteiger partial charge in [-0.1, -0.05) is 11.8 Å². The molecule has 23 heavy (non-hydrogen) atoms. The van der Waals surface area contributed by atoms with Crippen molar-refractivity contribution in [2.75, 3.05) is 24.3 Å². The number of benzene rings is 1. The number of hydrogen-bond acceptors (Lipinski definition) is 5. The van der Waals surface area contributed by atoms with Crippen molar-refractivity contribution in [1.29, 1.82) is 0 Å². The Bertz CT molecular complexity index is 631. The van der Waals surface area contributed by atoms with Crippen molar-refractivity contribution < 1.29 is 19.1 Å². The molecule has 1 aromatic carbocycles. The molecule has 2 aliphatic rings. The fourth-order valence-corrected chi connectivity index (χ4v) is 3.74. The summed E-state index contributed by atoms with van der Waals surface area (Å²) < 4.78 is 5.10. The molecule has 2 heterocycles. The molecule has 0 bridgehead atoms. The molecule has 1 N–H and O–H groups in total. The first-order chi connectivity index (χ1) is 11.1. The second-order valence-corrected chi connectivity index (χ2v) is 6.72. The molecule has 3 rings (SSSR count). The zero-order valence-electron chi connectivity index (χ0n) is 12.8. The van der Waals surface area contributed by atoms with Gasteiger partial charge >= 0.3 is 0 Å². The Kier molecular flexibility index (Phi) is 4.56. The minimum atomic E-state index is -0.414. The molecule has 2 aliphatic heterocycles. The third kappa shape index (κ3) is 3.34. The molecule has 122 valence electrons. The monoisotopic (exact) mass is 334 g/mol. The molecule has 0 aliphatic carbocycles. The summed E-state index contributed by atoms with van der Waals surface area (Å²) in [5.74, 6) is 0.748. The zero-order valence-corrected chi connectivity index (χ0v) is 13.6. The average molecular weight is 334 g/mol. The number of methoxy groups -OCH3 is 1. The van der Waals surface area contributed by atoms with Gasteiger partial charge in [-0.15, -0.1) is 0 Å². The fraction of sp³-hybridized carbons (Fsp3) is 0.438. The number of carbonyl (C=O) groups is 3. The summed E-state index contributed by atoms with van der Waals surface area (Å²) in [6.07, 6.45) is 0.837. The highest BCUT2D eigenvalue weighted by molar-refractivity contribution is 8.14. The van der Waals surface area contributed by atoms with Crippen LogP contribution in [0.3, 0.4) is 0 Å². The molecule has 0 unspecified atom stereocenters. The minimum Gasteiger partial charge on any atom is -0.497 e. The SMILES string of the molecule is COc1ccc(N2C[C@H](C(=O)N[C@@H]3CCSC3=O)CC2=O)cc1. The van der Waals surface area contributed by atoms with Crippen molar-refractivity contribution in [3.8, 4) is 5.75 Å². The normalized spacial score (nSPS) is 24.1. The van der Waals surface area contributed by atoms with E-state index in [0.29, 0.717) is 18.7 Å². The molecular weight excluding hydrogens is 316 g/mol.